The molecule has 1 aromatic rings. The van der Waals surface area contributed by atoms with E-state index >= 15 is 0 Å². The fourth-order valence-electron chi connectivity index (χ4n) is 2.17. The normalized spacial score (nSPS) is 19.4. The molecule has 0 N–H and O–H groups in total. The van der Waals surface area contributed by atoms with Crippen molar-refractivity contribution in [3.63, 3.8) is 0 Å². The van der Waals surface area contributed by atoms with Gasteiger partial charge in [-0.2, -0.15) is 5.10 Å². The number of carbonyl (C=O) groups excluding carboxylic acids is 1. The standard InChI is InChI=1S/C13H21N3O/c1-9(2)11-6-10-7-13(3,4)15(5)12(17)8-16(10)14-11/h6,9H,7-8H2,1-5H3. The number of rotatable bonds is 1. The number of likely N-dealkylation sites (N-methyl/N-ethyl adjacent to an activating group) is 1. The summed E-state index contributed by atoms with van der Waals surface area (Å²) in [6, 6.07) is 2.14. The Labute approximate surface area is 103 Å². The van der Waals surface area contributed by atoms with Crippen LogP contribution in [0.25, 0.3) is 0 Å². The minimum atomic E-state index is -0.139. The topological polar surface area (TPSA) is 38.1 Å². The number of aromatic nitrogens is 2. The molecule has 4 nitrogen and oxygen atoms in total. The molecule has 0 unspecified atom stereocenters. The Morgan fingerprint density at radius 1 is 1.41 bits per heavy atom. The first-order valence-corrected chi connectivity index (χ1v) is 6.14. The third-order valence-electron chi connectivity index (χ3n) is 3.65. The van der Waals surface area contributed by atoms with Crippen molar-refractivity contribution >= 4 is 5.91 Å². The average molecular weight is 235 g/mol. The van der Waals surface area contributed by atoms with Crippen LogP contribution in [-0.4, -0.2) is 33.2 Å². The minimum absolute atomic E-state index is 0.132. The van der Waals surface area contributed by atoms with Crippen LogP contribution in [0.2, 0.25) is 0 Å². The number of hydrogen-bond acceptors (Lipinski definition) is 2. The van der Waals surface area contributed by atoms with Crippen LogP contribution in [0.1, 0.15) is 45.0 Å². The molecular formula is C13H21N3O. The number of hydrogen-bond donors (Lipinski definition) is 0. The molecule has 17 heavy (non-hydrogen) atoms. The number of fused-ring (bicyclic) bond motifs is 1. The van der Waals surface area contributed by atoms with Gasteiger partial charge in [-0.25, -0.2) is 0 Å². The van der Waals surface area contributed by atoms with Crippen LogP contribution in [0.15, 0.2) is 6.07 Å². The van der Waals surface area contributed by atoms with Crippen molar-refractivity contribution in [2.45, 2.75) is 52.1 Å². The van der Waals surface area contributed by atoms with Crippen LogP contribution in [0.5, 0.6) is 0 Å². The molecule has 2 heterocycles. The van der Waals surface area contributed by atoms with Gasteiger partial charge in [0.25, 0.3) is 0 Å². The molecular weight excluding hydrogens is 214 g/mol. The monoisotopic (exact) mass is 235 g/mol. The van der Waals surface area contributed by atoms with Crippen LogP contribution in [0, 0.1) is 0 Å². The van der Waals surface area contributed by atoms with E-state index in [0.29, 0.717) is 12.5 Å². The van der Waals surface area contributed by atoms with E-state index in [1.165, 1.54) is 0 Å². The van der Waals surface area contributed by atoms with Gasteiger partial charge in [0.05, 0.1) is 5.69 Å². The second kappa shape index (κ2) is 3.86. The molecule has 0 bridgehead atoms. The number of amides is 1. The average Bonchev–Trinajstić information content (AvgIpc) is 2.56. The number of nitrogens with zero attached hydrogens (tertiary/aromatic N) is 3. The Kier molecular flexibility index (Phi) is 2.76. The summed E-state index contributed by atoms with van der Waals surface area (Å²) in [7, 11) is 1.87. The van der Waals surface area contributed by atoms with Crippen LogP contribution in [0.4, 0.5) is 0 Å². The molecule has 0 atom stereocenters. The molecule has 94 valence electrons. The highest BCUT2D eigenvalue weighted by Crippen LogP contribution is 2.25. The van der Waals surface area contributed by atoms with E-state index in [9.17, 15) is 4.79 Å². The second-order valence-corrected chi connectivity index (χ2v) is 5.81. The Morgan fingerprint density at radius 3 is 2.65 bits per heavy atom. The molecule has 0 fully saturated rings. The summed E-state index contributed by atoms with van der Waals surface area (Å²) in [5.41, 5.74) is 2.10. The van der Waals surface area contributed by atoms with Gasteiger partial charge in [-0.15, -0.1) is 0 Å². The maximum Gasteiger partial charge on any atom is 0.244 e. The molecule has 0 aromatic carbocycles. The molecule has 0 radical (unpaired) electrons. The molecule has 0 saturated heterocycles. The van der Waals surface area contributed by atoms with Crippen LogP contribution in [-0.2, 0) is 17.8 Å². The molecule has 0 aliphatic carbocycles. The van der Waals surface area contributed by atoms with Gasteiger partial charge >= 0.3 is 0 Å². The van der Waals surface area contributed by atoms with E-state index in [0.717, 1.165) is 17.8 Å². The maximum atomic E-state index is 12.0. The second-order valence-electron chi connectivity index (χ2n) is 5.81. The summed E-state index contributed by atoms with van der Waals surface area (Å²) >= 11 is 0. The van der Waals surface area contributed by atoms with Gasteiger partial charge in [0, 0.05) is 24.7 Å². The Hall–Kier alpha value is -1.32. The summed E-state index contributed by atoms with van der Waals surface area (Å²) in [6.07, 6.45) is 0.856. The first-order chi connectivity index (χ1) is 7.81. The highest BCUT2D eigenvalue weighted by atomic mass is 16.2. The predicted octanol–water partition coefficient (Wildman–Crippen LogP) is 1.80. The fraction of sp³-hybridized carbons (Fsp3) is 0.692. The van der Waals surface area contributed by atoms with Crippen LogP contribution < -0.4 is 0 Å². The van der Waals surface area contributed by atoms with Crippen molar-refractivity contribution < 1.29 is 4.79 Å². The molecule has 0 spiro atoms. The highest BCUT2D eigenvalue weighted by molar-refractivity contribution is 5.77. The predicted molar refractivity (Wildman–Crippen MR) is 66.9 cm³/mol. The maximum absolute atomic E-state index is 12.0. The summed E-state index contributed by atoms with van der Waals surface area (Å²) in [5, 5.41) is 4.53. The van der Waals surface area contributed by atoms with Gasteiger partial charge in [-0.05, 0) is 25.8 Å². The van der Waals surface area contributed by atoms with Crippen LogP contribution >= 0.6 is 0 Å². The van der Waals surface area contributed by atoms with Crippen molar-refractivity contribution in [3.8, 4) is 0 Å². The van der Waals surface area contributed by atoms with Gasteiger partial charge in [-0.1, -0.05) is 13.8 Å². The van der Waals surface area contributed by atoms with Gasteiger partial charge in [0.1, 0.15) is 6.54 Å². The molecule has 4 heteroatoms. The zero-order chi connectivity index (χ0) is 12.8. The largest absolute Gasteiger partial charge is 0.339 e. The molecule has 1 aliphatic heterocycles. The van der Waals surface area contributed by atoms with Gasteiger partial charge in [0.15, 0.2) is 0 Å². The first-order valence-electron chi connectivity index (χ1n) is 6.14. The van der Waals surface area contributed by atoms with Crippen molar-refractivity contribution in [2.75, 3.05) is 7.05 Å². The smallest absolute Gasteiger partial charge is 0.244 e. The quantitative estimate of drug-likeness (QED) is 0.744. The molecule has 0 saturated carbocycles. The Morgan fingerprint density at radius 2 is 2.06 bits per heavy atom. The van der Waals surface area contributed by atoms with Gasteiger partial charge in [0.2, 0.25) is 5.91 Å². The van der Waals surface area contributed by atoms with Crippen molar-refractivity contribution in [2.24, 2.45) is 0 Å². The molecule has 1 aliphatic rings. The van der Waals surface area contributed by atoms with E-state index < -0.39 is 0 Å². The van der Waals surface area contributed by atoms with E-state index in [2.05, 4.69) is 38.9 Å². The minimum Gasteiger partial charge on any atom is -0.339 e. The number of carbonyl (C=O) groups is 1. The third-order valence-corrected chi connectivity index (χ3v) is 3.65. The lowest BCUT2D eigenvalue weighted by Gasteiger charge is -2.33. The fourth-order valence-corrected chi connectivity index (χ4v) is 2.17. The summed E-state index contributed by atoms with van der Waals surface area (Å²) in [6.45, 7) is 8.82. The molecule has 1 amide bonds. The third kappa shape index (κ3) is 2.08. The molecule has 2 rings (SSSR count). The van der Waals surface area contributed by atoms with Crippen LogP contribution in [0.3, 0.4) is 0 Å². The highest BCUT2D eigenvalue weighted by Gasteiger charge is 2.33. The summed E-state index contributed by atoms with van der Waals surface area (Å²) in [4.78, 5) is 13.9. The lowest BCUT2D eigenvalue weighted by Crippen LogP contribution is -2.45. The zero-order valence-electron chi connectivity index (χ0n) is 11.3. The van der Waals surface area contributed by atoms with E-state index in [-0.39, 0.29) is 11.4 Å². The summed E-state index contributed by atoms with van der Waals surface area (Å²) in [5.74, 6) is 0.539. The SMILES string of the molecule is CC(C)c1cc2n(n1)CC(=O)N(C)C(C)(C)C2. The van der Waals surface area contributed by atoms with Crippen molar-refractivity contribution in [1.82, 2.24) is 14.7 Å². The first kappa shape index (κ1) is 12.1. The Bertz CT molecular complexity index is 446. The van der Waals surface area contributed by atoms with Gasteiger partial charge < -0.3 is 4.90 Å². The molecule has 1 aromatic heterocycles. The summed E-state index contributed by atoms with van der Waals surface area (Å²) < 4.78 is 1.86. The van der Waals surface area contributed by atoms with Crippen molar-refractivity contribution in [3.05, 3.63) is 17.5 Å². The Balaban J connectivity index is 2.41. The van der Waals surface area contributed by atoms with Crippen molar-refractivity contribution in [1.29, 1.82) is 0 Å². The van der Waals surface area contributed by atoms with E-state index in [1.807, 2.05) is 16.6 Å². The lowest BCUT2D eigenvalue weighted by atomic mass is 9.96. The van der Waals surface area contributed by atoms with E-state index in [1.54, 1.807) is 0 Å². The van der Waals surface area contributed by atoms with E-state index in [4.69, 9.17) is 0 Å². The zero-order valence-corrected chi connectivity index (χ0v) is 11.3. The van der Waals surface area contributed by atoms with Gasteiger partial charge in [-0.3, -0.25) is 9.48 Å². The lowest BCUT2D eigenvalue weighted by molar-refractivity contribution is -0.134.